The fourth-order valence-electron chi connectivity index (χ4n) is 1.86. The highest BCUT2D eigenvalue weighted by atomic mass is 19.1. The maximum Gasteiger partial charge on any atom is 0.285 e. The van der Waals surface area contributed by atoms with Crippen molar-refractivity contribution in [3.63, 3.8) is 0 Å². The third-order valence-corrected chi connectivity index (χ3v) is 2.89. The van der Waals surface area contributed by atoms with E-state index in [4.69, 9.17) is 5.11 Å². The van der Waals surface area contributed by atoms with Crippen molar-refractivity contribution in [2.75, 3.05) is 19.7 Å². The number of aliphatic hydroxyl groups is 1. The van der Waals surface area contributed by atoms with E-state index in [2.05, 4.69) is 0 Å². The summed E-state index contributed by atoms with van der Waals surface area (Å²) >= 11 is 0. The predicted molar refractivity (Wildman–Crippen MR) is 59.5 cm³/mol. The Labute approximate surface area is 102 Å². The van der Waals surface area contributed by atoms with Crippen molar-refractivity contribution >= 4 is 11.6 Å². The van der Waals surface area contributed by atoms with Crippen LogP contribution in [0.4, 0.5) is 10.1 Å². The van der Waals surface area contributed by atoms with E-state index in [1.807, 2.05) is 0 Å². The Morgan fingerprint density at radius 2 is 2.22 bits per heavy atom. The van der Waals surface area contributed by atoms with Crippen molar-refractivity contribution in [1.82, 2.24) is 4.90 Å². The molecule has 1 aliphatic heterocycles. The molecule has 1 aromatic rings. The van der Waals surface area contributed by atoms with Crippen molar-refractivity contribution in [3.8, 4) is 0 Å². The number of halogens is 1. The van der Waals surface area contributed by atoms with E-state index in [0.29, 0.717) is 13.1 Å². The van der Waals surface area contributed by atoms with Gasteiger partial charge in [-0.2, -0.15) is 0 Å². The molecule has 1 fully saturated rings. The van der Waals surface area contributed by atoms with Gasteiger partial charge < -0.3 is 10.0 Å². The van der Waals surface area contributed by atoms with Gasteiger partial charge in [0.05, 0.1) is 11.0 Å². The van der Waals surface area contributed by atoms with E-state index in [0.717, 1.165) is 18.2 Å². The molecule has 0 saturated carbocycles. The molecule has 2 rings (SSSR count). The number of amides is 1. The third-order valence-electron chi connectivity index (χ3n) is 2.89. The number of benzene rings is 1. The van der Waals surface area contributed by atoms with Crippen molar-refractivity contribution in [2.24, 2.45) is 5.92 Å². The van der Waals surface area contributed by atoms with Crippen LogP contribution in [0.2, 0.25) is 0 Å². The summed E-state index contributed by atoms with van der Waals surface area (Å²) in [5, 5.41) is 19.6. The molecule has 0 radical (unpaired) electrons. The van der Waals surface area contributed by atoms with Crippen LogP contribution < -0.4 is 0 Å². The number of hydrogen-bond acceptors (Lipinski definition) is 4. The lowest BCUT2D eigenvalue weighted by molar-refractivity contribution is -0.385. The normalized spacial score (nSPS) is 15.3. The molecule has 0 bridgehead atoms. The topological polar surface area (TPSA) is 83.7 Å². The molecule has 18 heavy (non-hydrogen) atoms. The largest absolute Gasteiger partial charge is 0.396 e. The van der Waals surface area contributed by atoms with Crippen molar-refractivity contribution < 1.29 is 19.2 Å². The van der Waals surface area contributed by atoms with Gasteiger partial charge in [-0.1, -0.05) is 0 Å². The van der Waals surface area contributed by atoms with Gasteiger partial charge in [-0.15, -0.1) is 0 Å². The van der Waals surface area contributed by atoms with E-state index in [9.17, 15) is 19.3 Å². The Bertz CT molecular complexity index is 500. The minimum Gasteiger partial charge on any atom is -0.396 e. The molecule has 1 amide bonds. The molecule has 6 nitrogen and oxygen atoms in total. The maximum absolute atomic E-state index is 12.9. The van der Waals surface area contributed by atoms with Gasteiger partial charge in [0.2, 0.25) is 0 Å². The molecular formula is C11H11FN2O4. The van der Waals surface area contributed by atoms with Crippen LogP contribution in [0.1, 0.15) is 10.4 Å². The predicted octanol–water partition coefficient (Wildman–Crippen LogP) is 0.798. The molecular weight excluding hydrogens is 243 g/mol. The van der Waals surface area contributed by atoms with Crippen LogP contribution in [-0.2, 0) is 0 Å². The first kappa shape index (κ1) is 12.4. The molecule has 0 unspecified atom stereocenters. The van der Waals surface area contributed by atoms with Gasteiger partial charge in [0.25, 0.3) is 11.6 Å². The Morgan fingerprint density at radius 3 is 2.78 bits per heavy atom. The van der Waals surface area contributed by atoms with Gasteiger partial charge in [-0.25, -0.2) is 4.39 Å². The zero-order valence-electron chi connectivity index (χ0n) is 9.38. The maximum atomic E-state index is 12.9. The van der Waals surface area contributed by atoms with E-state index < -0.39 is 22.3 Å². The number of nitrogens with zero attached hydrogens (tertiary/aromatic N) is 2. The van der Waals surface area contributed by atoms with Crippen LogP contribution in [0, 0.1) is 21.8 Å². The second-order valence-electron chi connectivity index (χ2n) is 4.18. The molecule has 1 saturated heterocycles. The van der Waals surface area contributed by atoms with Crippen molar-refractivity contribution in [3.05, 3.63) is 39.7 Å². The summed E-state index contributed by atoms with van der Waals surface area (Å²) in [5.41, 5.74) is -0.662. The highest BCUT2D eigenvalue weighted by molar-refractivity contribution is 5.98. The summed E-state index contributed by atoms with van der Waals surface area (Å²) in [6.07, 6.45) is 0. The highest BCUT2D eigenvalue weighted by Crippen LogP contribution is 2.25. The first-order valence-electron chi connectivity index (χ1n) is 5.37. The van der Waals surface area contributed by atoms with E-state index in [1.165, 1.54) is 4.90 Å². The summed E-state index contributed by atoms with van der Waals surface area (Å²) in [4.78, 5) is 23.3. The fraction of sp³-hybridized carbons (Fsp3) is 0.364. The number of nitro benzene ring substituents is 1. The Kier molecular flexibility index (Phi) is 3.24. The van der Waals surface area contributed by atoms with Crippen LogP contribution in [0.5, 0.6) is 0 Å². The first-order valence-corrected chi connectivity index (χ1v) is 5.37. The van der Waals surface area contributed by atoms with Gasteiger partial charge in [-0.3, -0.25) is 14.9 Å². The molecule has 1 aromatic carbocycles. The van der Waals surface area contributed by atoms with Crippen LogP contribution in [0.15, 0.2) is 18.2 Å². The molecule has 0 aromatic heterocycles. The fourth-order valence-corrected chi connectivity index (χ4v) is 1.86. The minimum absolute atomic E-state index is 0.0186. The smallest absolute Gasteiger partial charge is 0.285 e. The lowest BCUT2D eigenvalue weighted by Crippen LogP contribution is -2.51. The van der Waals surface area contributed by atoms with E-state index in [1.54, 1.807) is 0 Å². The van der Waals surface area contributed by atoms with Crippen molar-refractivity contribution in [2.45, 2.75) is 0 Å². The number of carbonyl (C=O) groups is 1. The molecule has 0 atom stereocenters. The summed E-state index contributed by atoms with van der Waals surface area (Å²) in [7, 11) is 0. The minimum atomic E-state index is -0.778. The summed E-state index contributed by atoms with van der Waals surface area (Å²) in [5.74, 6) is -1.24. The average Bonchev–Trinajstić information content (AvgIpc) is 2.27. The van der Waals surface area contributed by atoms with Gasteiger partial charge >= 0.3 is 0 Å². The van der Waals surface area contributed by atoms with Crippen LogP contribution in [0.25, 0.3) is 0 Å². The first-order chi connectivity index (χ1) is 8.52. The van der Waals surface area contributed by atoms with Crippen LogP contribution >= 0.6 is 0 Å². The lowest BCUT2D eigenvalue weighted by atomic mass is 9.99. The number of rotatable bonds is 3. The third kappa shape index (κ3) is 2.17. The van der Waals surface area contributed by atoms with Crippen LogP contribution in [-0.4, -0.2) is 40.5 Å². The lowest BCUT2D eigenvalue weighted by Gasteiger charge is -2.38. The summed E-state index contributed by atoms with van der Waals surface area (Å²) in [6.45, 7) is 0.711. The zero-order valence-corrected chi connectivity index (χ0v) is 9.38. The second-order valence-corrected chi connectivity index (χ2v) is 4.18. The Balaban J connectivity index is 2.23. The van der Waals surface area contributed by atoms with E-state index in [-0.39, 0.29) is 18.1 Å². The monoisotopic (exact) mass is 254 g/mol. The van der Waals surface area contributed by atoms with Crippen LogP contribution in [0.3, 0.4) is 0 Å². The zero-order chi connectivity index (χ0) is 13.3. The average molecular weight is 254 g/mol. The quantitative estimate of drug-likeness (QED) is 0.638. The molecule has 0 aliphatic carbocycles. The second kappa shape index (κ2) is 4.69. The van der Waals surface area contributed by atoms with Crippen molar-refractivity contribution in [1.29, 1.82) is 0 Å². The van der Waals surface area contributed by atoms with Gasteiger partial charge in [0.1, 0.15) is 11.4 Å². The number of carbonyl (C=O) groups excluding carboxylic acids is 1. The molecule has 96 valence electrons. The summed E-state index contributed by atoms with van der Waals surface area (Å²) in [6, 6.07) is 2.86. The SMILES string of the molecule is O=C(c1ccc(F)cc1[N+](=O)[O-])N1CC(CO)C1. The Morgan fingerprint density at radius 1 is 1.56 bits per heavy atom. The van der Waals surface area contributed by atoms with Gasteiger partial charge in [0, 0.05) is 25.6 Å². The highest BCUT2D eigenvalue weighted by Gasteiger charge is 2.33. The number of nitro groups is 1. The molecule has 0 spiro atoms. The van der Waals surface area contributed by atoms with Gasteiger partial charge in [0.15, 0.2) is 0 Å². The molecule has 1 N–H and O–H groups in total. The standard InChI is InChI=1S/C11H11FN2O4/c12-8-1-2-9(10(3-8)14(17)18)11(16)13-4-7(5-13)6-15/h1-3,7,15H,4-6H2. The number of likely N-dealkylation sites (tertiary alicyclic amines) is 1. The molecule has 7 heteroatoms. The molecule has 1 heterocycles. The number of aliphatic hydroxyl groups excluding tert-OH is 1. The Hall–Kier alpha value is -2.02. The van der Waals surface area contributed by atoms with Gasteiger partial charge in [-0.05, 0) is 12.1 Å². The van der Waals surface area contributed by atoms with E-state index >= 15 is 0 Å². The number of hydrogen-bond donors (Lipinski definition) is 1. The summed E-state index contributed by atoms with van der Waals surface area (Å²) < 4.78 is 12.9. The molecule has 1 aliphatic rings.